The third-order valence-electron chi connectivity index (χ3n) is 3.66. The number of halogens is 1. The first-order chi connectivity index (χ1) is 10.7. The third-order valence-corrected chi connectivity index (χ3v) is 4.60. The SMILES string of the molecule is CN1CCO[C@@H](CNCc2csc(-c3ccc(F)cc3)n2)C1. The predicted molar refractivity (Wildman–Crippen MR) is 86.5 cm³/mol. The van der Waals surface area contributed by atoms with E-state index in [0.717, 1.165) is 49.1 Å². The molecule has 2 aromatic rings. The maximum atomic E-state index is 12.9. The molecule has 1 fully saturated rings. The Kier molecular flexibility index (Phi) is 5.15. The minimum absolute atomic E-state index is 0.223. The Morgan fingerprint density at radius 2 is 2.23 bits per heavy atom. The minimum atomic E-state index is -0.223. The van der Waals surface area contributed by atoms with Gasteiger partial charge in [-0.25, -0.2) is 9.37 Å². The summed E-state index contributed by atoms with van der Waals surface area (Å²) in [5.41, 5.74) is 1.96. The first kappa shape index (κ1) is 15.6. The number of likely N-dealkylation sites (N-methyl/N-ethyl adjacent to an activating group) is 1. The quantitative estimate of drug-likeness (QED) is 0.917. The van der Waals surface area contributed by atoms with Crippen molar-refractivity contribution in [2.45, 2.75) is 12.6 Å². The second-order valence-corrected chi connectivity index (χ2v) is 6.39. The minimum Gasteiger partial charge on any atom is -0.374 e. The van der Waals surface area contributed by atoms with Crippen molar-refractivity contribution in [2.24, 2.45) is 0 Å². The molecule has 0 aliphatic carbocycles. The van der Waals surface area contributed by atoms with Gasteiger partial charge >= 0.3 is 0 Å². The number of morpholine rings is 1. The molecular formula is C16H20FN3OS. The van der Waals surface area contributed by atoms with Gasteiger partial charge in [-0.1, -0.05) is 0 Å². The Morgan fingerprint density at radius 1 is 1.41 bits per heavy atom. The number of nitrogens with one attached hydrogen (secondary N) is 1. The van der Waals surface area contributed by atoms with E-state index in [1.807, 2.05) is 5.38 Å². The van der Waals surface area contributed by atoms with E-state index in [9.17, 15) is 4.39 Å². The smallest absolute Gasteiger partial charge is 0.123 e. The summed E-state index contributed by atoms with van der Waals surface area (Å²) in [7, 11) is 2.12. The molecule has 0 radical (unpaired) electrons. The molecule has 0 unspecified atom stereocenters. The molecule has 1 saturated heterocycles. The van der Waals surface area contributed by atoms with Gasteiger partial charge in [0.2, 0.25) is 0 Å². The highest BCUT2D eigenvalue weighted by Gasteiger charge is 2.17. The van der Waals surface area contributed by atoms with E-state index < -0.39 is 0 Å². The van der Waals surface area contributed by atoms with Crippen molar-refractivity contribution in [3.05, 3.63) is 41.2 Å². The first-order valence-electron chi connectivity index (χ1n) is 7.42. The number of aromatic nitrogens is 1. The highest BCUT2D eigenvalue weighted by molar-refractivity contribution is 7.13. The average Bonchev–Trinajstić information content (AvgIpc) is 2.97. The van der Waals surface area contributed by atoms with Crippen LogP contribution in [0.3, 0.4) is 0 Å². The third kappa shape index (κ3) is 4.10. The van der Waals surface area contributed by atoms with E-state index in [2.05, 4.69) is 22.2 Å². The van der Waals surface area contributed by atoms with Crippen LogP contribution in [0.5, 0.6) is 0 Å². The largest absolute Gasteiger partial charge is 0.374 e. The van der Waals surface area contributed by atoms with Gasteiger partial charge < -0.3 is 15.0 Å². The van der Waals surface area contributed by atoms with Crippen molar-refractivity contribution < 1.29 is 9.13 Å². The fourth-order valence-corrected chi connectivity index (χ4v) is 3.29. The lowest BCUT2D eigenvalue weighted by Gasteiger charge is -2.30. The van der Waals surface area contributed by atoms with Gasteiger partial charge in [0.05, 0.1) is 18.4 Å². The van der Waals surface area contributed by atoms with Crippen LogP contribution in [0.2, 0.25) is 0 Å². The highest BCUT2D eigenvalue weighted by atomic mass is 32.1. The van der Waals surface area contributed by atoms with E-state index in [1.165, 1.54) is 12.1 Å². The maximum absolute atomic E-state index is 12.9. The molecule has 1 aromatic heterocycles. The normalized spacial score (nSPS) is 19.5. The molecule has 0 bridgehead atoms. The topological polar surface area (TPSA) is 37.4 Å². The number of benzene rings is 1. The zero-order chi connectivity index (χ0) is 15.4. The van der Waals surface area contributed by atoms with E-state index in [0.29, 0.717) is 0 Å². The summed E-state index contributed by atoms with van der Waals surface area (Å²) in [6, 6.07) is 6.45. The Bertz CT molecular complexity index is 602. The van der Waals surface area contributed by atoms with Crippen molar-refractivity contribution in [3.8, 4) is 10.6 Å². The Morgan fingerprint density at radius 3 is 3.00 bits per heavy atom. The van der Waals surface area contributed by atoms with Crippen molar-refractivity contribution >= 4 is 11.3 Å². The van der Waals surface area contributed by atoms with Crippen molar-refractivity contribution in [3.63, 3.8) is 0 Å². The molecule has 118 valence electrons. The van der Waals surface area contributed by atoms with Gasteiger partial charge in [0.15, 0.2) is 0 Å². The van der Waals surface area contributed by atoms with E-state index in [4.69, 9.17) is 4.74 Å². The summed E-state index contributed by atoms with van der Waals surface area (Å²) < 4.78 is 18.7. The van der Waals surface area contributed by atoms with Gasteiger partial charge in [0.25, 0.3) is 0 Å². The van der Waals surface area contributed by atoms with Gasteiger partial charge in [0, 0.05) is 37.1 Å². The fourth-order valence-electron chi connectivity index (χ4n) is 2.46. The van der Waals surface area contributed by atoms with Crippen LogP contribution in [0, 0.1) is 5.82 Å². The van der Waals surface area contributed by atoms with Gasteiger partial charge in [-0.3, -0.25) is 0 Å². The Balaban J connectivity index is 1.50. The monoisotopic (exact) mass is 321 g/mol. The summed E-state index contributed by atoms with van der Waals surface area (Å²) in [5, 5.41) is 6.36. The predicted octanol–water partition coefficient (Wildman–Crippen LogP) is 2.37. The fraction of sp³-hybridized carbons (Fsp3) is 0.438. The molecule has 3 rings (SSSR count). The molecule has 6 heteroatoms. The molecule has 1 aliphatic heterocycles. The van der Waals surface area contributed by atoms with Crippen molar-refractivity contribution in [1.29, 1.82) is 0 Å². The van der Waals surface area contributed by atoms with E-state index in [-0.39, 0.29) is 11.9 Å². The standard InChI is InChI=1S/C16H20FN3OS/c1-20-6-7-21-15(10-20)9-18-8-14-11-22-16(19-14)12-2-4-13(17)5-3-12/h2-5,11,15,18H,6-10H2,1H3/t15-/m0/s1. The van der Waals surface area contributed by atoms with Crippen LogP contribution in [-0.2, 0) is 11.3 Å². The number of ether oxygens (including phenoxy) is 1. The molecule has 1 aliphatic rings. The molecule has 0 spiro atoms. The highest BCUT2D eigenvalue weighted by Crippen LogP contribution is 2.23. The summed E-state index contributed by atoms with van der Waals surface area (Å²) in [5.74, 6) is -0.223. The lowest BCUT2D eigenvalue weighted by Crippen LogP contribution is -2.44. The number of hydrogen-bond donors (Lipinski definition) is 1. The first-order valence-corrected chi connectivity index (χ1v) is 8.30. The molecular weight excluding hydrogens is 301 g/mol. The van der Waals surface area contributed by atoms with Crippen molar-refractivity contribution in [1.82, 2.24) is 15.2 Å². The molecule has 0 saturated carbocycles. The molecule has 0 amide bonds. The molecule has 2 heterocycles. The van der Waals surface area contributed by atoms with Gasteiger partial charge in [0.1, 0.15) is 10.8 Å². The molecule has 1 aromatic carbocycles. The van der Waals surface area contributed by atoms with Gasteiger partial charge in [-0.2, -0.15) is 0 Å². The second kappa shape index (κ2) is 7.28. The van der Waals surface area contributed by atoms with Crippen LogP contribution >= 0.6 is 11.3 Å². The number of thiazole rings is 1. The van der Waals surface area contributed by atoms with Crippen LogP contribution < -0.4 is 5.32 Å². The molecule has 1 N–H and O–H groups in total. The van der Waals surface area contributed by atoms with Gasteiger partial charge in [-0.15, -0.1) is 11.3 Å². The van der Waals surface area contributed by atoms with E-state index in [1.54, 1.807) is 23.5 Å². The van der Waals surface area contributed by atoms with Crippen LogP contribution in [-0.4, -0.2) is 49.3 Å². The van der Waals surface area contributed by atoms with Crippen molar-refractivity contribution in [2.75, 3.05) is 33.3 Å². The molecule has 1 atom stereocenters. The number of nitrogens with zero attached hydrogens (tertiary/aromatic N) is 2. The maximum Gasteiger partial charge on any atom is 0.123 e. The number of rotatable bonds is 5. The zero-order valence-electron chi connectivity index (χ0n) is 12.6. The average molecular weight is 321 g/mol. The van der Waals surface area contributed by atoms with Crippen LogP contribution in [0.1, 0.15) is 5.69 Å². The summed E-state index contributed by atoms with van der Waals surface area (Å²) >= 11 is 1.58. The van der Waals surface area contributed by atoms with Crippen LogP contribution in [0.15, 0.2) is 29.6 Å². The summed E-state index contributed by atoms with van der Waals surface area (Å²) in [6.07, 6.45) is 0.244. The lowest BCUT2D eigenvalue weighted by atomic mass is 10.2. The molecule has 22 heavy (non-hydrogen) atoms. The Labute approximate surface area is 133 Å². The summed E-state index contributed by atoms with van der Waals surface area (Å²) in [6.45, 7) is 4.32. The van der Waals surface area contributed by atoms with Crippen LogP contribution in [0.25, 0.3) is 10.6 Å². The van der Waals surface area contributed by atoms with Crippen LogP contribution in [0.4, 0.5) is 4.39 Å². The van der Waals surface area contributed by atoms with Gasteiger partial charge in [-0.05, 0) is 31.3 Å². The second-order valence-electron chi connectivity index (χ2n) is 5.54. The van der Waals surface area contributed by atoms with E-state index >= 15 is 0 Å². The number of hydrogen-bond acceptors (Lipinski definition) is 5. The molecule has 4 nitrogen and oxygen atoms in total. The lowest BCUT2D eigenvalue weighted by molar-refractivity contribution is -0.0182. The zero-order valence-corrected chi connectivity index (χ0v) is 13.4. The summed E-state index contributed by atoms with van der Waals surface area (Å²) in [4.78, 5) is 6.87. The Hall–Kier alpha value is -1.34.